The maximum Gasteiger partial charge on any atom is 0.336 e. The highest BCUT2D eigenvalue weighted by molar-refractivity contribution is 6.01. The van der Waals surface area contributed by atoms with Gasteiger partial charge in [-0.15, -0.1) is 0 Å². The topological polar surface area (TPSA) is 189 Å². The fourth-order valence-electron chi connectivity index (χ4n) is 4.99. The molecule has 13 nitrogen and oxygen atoms in total. The van der Waals surface area contributed by atoms with Crippen LogP contribution in [0.15, 0.2) is 0 Å². The van der Waals surface area contributed by atoms with Crippen molar-refractivity contribution >= 4 is 35.9 Å². The Balaban J connectivity index is 4.30. The van der Waals surface area contributed by atoms with E-state index in [-0.39, 0.29) is 62.7 Å². The summed E-state index contributed by atoms with van der Waals surface area (Å²) in [7, 11) is 0. The summed E-state index contributed by atoms with van der Waals surface area (Å²) in [5.74, 6) is -3.39. The van der Waals surface area contributed by atoms with Crippen molar-refractivity contribution in [2.45, 2.75) is 130 Å². The van der Waals surface area contributed by atoms with Crippen LogP contribution in [-0.2, 0) is 38.2 Å². The van der Waals surface area contributed by atoms with Gasteiger partial charge >= 0.3 is 11.9 Å². The zero-order valence-corrected chi connectivity index (χ0v) is 28.5. The van der Waals surface area contributed by atoms with Crippen LogP contribution in [0.5, 0.6) is 0 Å². The molecule has 3 atom stereocenters. The van der Waals surface area contributed by atoms with Crippen molar-refractivity contribution in [3.8, 4) is 0 Å². The van der Waals surface area contributed by atoms with Crippen molar-refractivity contribution in [3.05, 3.63) is 0 Å². The summed E-state index contributed by atoms with van der Waals surface area (Å²) in [6, 6.07) is 0. The van der Waals surface area contributed by atoms with Gasteiger partial charge in [0.25, 0.3) is 0 Å². The first-order valence-electron chi connectivity index (χ1n) is 17.0. The van der Waals surface area contributed by atoms with E-state index in [1.807, 2.05) is 6.92 Å². The van der Waals surface area contributed by atoms with E-state index in [2.05, 4.69) is 17.7 Å². The highest BCUT2D eigenvalue weighted by Gasteiger charge is 2.38. The number of carbonyl (C=O) groups is 6. The first-order valence-corrected chi connectivity index (χ1v) is 17.0. The number of aldehydes is 1. The third-order valence-electron chi connectivity index (χ3n) is 8.11. The molecule has 0 fully saturated rings. The predicted molar refractivity (Wildman–Crippen MR) is 173 cm³/mol. The first-order chi connectivity index (χ1) is 22.0. The summed E-state index contributed by atoms with van der Waals surface area (Å²) in [5, 5.41) is 22.0. The van der Waals surface area contributed by atoms with Crippen LogP contribution in [0, 0.1) is 11.8 Å². The molecule has 0 bridgehead atoms. The summed E-state index contributed by atoms with van der Waals surface area (Å²) in [5.41, 5.74) is 0.717. The number of amides is 3. The lowest BCUT2D eigenvalue weighted by atomic mass is 9.85. The lowest BCUT2D eigenvalue weighted by molar-refractivity contribution is -0.150. The van der Waals surface area contributed by atoms with E-state index < -0.39 is 30.0 Å². The van der Waals surface area contributed by atoms with E-state index >= 15 is 0 Å². The lowest BCUT2D eigenvalue weighted by Gasteiger charge is -2.23. The molecule has 13 heteroatoms. The number of hydrogen-bond acceptors (Lipinski definition) is 8. The Morgan fingerprint density at radius 2 is 1.41 bits per heavy atom. The molecule has 46 heavy (non-hydrogen) atoms. The molecule has 3 amide bonds. The number of carbonyl (C=O) groups excluding carboxylic acids is 4. The fourth-order valence-corrected chi connectivity index (χ4v) is 4.99. The maximum atomic E-state index is 12.6. The largest absolute Gasteiger partial charge is 0.481 e. The molecule has 0 saturated heterocycles. The summed E-state index contributed by atoms with van der Waals surface area (Å²) < 4.78 is 10.7. The molecule has 0 radical (unpaired) electrons. The molecule has 266 valence electrons. The molecular weight excluding hydrogens is 598 g/mol. The second-order valence-corrected chi connectivity index (χ2v) is 11.8. The number of aliphatic carboxylic acids is 2. The Morgan fingerprint density at radius 1 is 0.783 bits per heavy atom. The Morgan fingerprint density at radius 3 is 1.98 bits per heavy atom. The minimum absolute atomic E-state index is 0.0279. The molecule has 0 spiro atoms. The number of nitrogens with zero attached hydrogens (tertiary/aromatic N) is 1. The van der Waals surface area contributed by atoms with Gasteiger partial charge in [-0.1, -0.05) is 79.1 Å². The molecule has 0 aromatic heterocycles. The van der Waals surface area contributed by atoms with Crippen molar-refractivity contribution in [1.29, 1.82) is 0 Å². The van der Waals surface area contributed by atoms with Crippen molar-refractivity contribution in [2.24, 2.45) is 11.8 Å². The molecule has 0 aliphatic carbocycles. The van der Waals surface area contributed by atoms with Crippen LogP contribution in [0.3, 0.4) is 0 Å². The smallest absolute Gasteiger partial charge is 0.336 e. The molecule has 0 aromatic carbocycles. The highest BCUT2D eigenvalue weighted by atomic mass is 16.5. The van der Waals surface area contributed by atoms with Crippen LogP contribution in [0.4, 0.5) is 0 Å². The third kappa shape index (κ3) is 18.8. The Hall–Kier alpha value is -3.06. The van der Waals surface area contributed by atoms with Crippen LogP contribution in [-0.4, -0.2) is 89.7 Å². The molecular formula is C33H59N3O10. The van der Waals surface area contributed by atoms with Crippen molar-refractivity contribution in [3.63, 3.8) is 0 Å². The number of ether oxygens (including phenoxy) is 2. The normalized spacial score (nSPS) is 13.7. The van der Waals surface area contributed by atoms with Crippen LogP contribution in [0.1, 0.15) is 124 Å². The van der Waals surface area contributed by atoms with E-state index in [0.29, 0.717) is 19.3 Å². The zero-order valence-electron chi connectivity index (χ0n) is 28.5. The number of hydrazine groups is 1. The van der Waals surface area contributed by atoms with E-state index in [1.54, 1.807) is 6.92 Å². The van der Waals surface area contributed by atoms with Crippen molar-refractivity contribution in [2.75, 3.05) is 33.0 Å². The number of unbranched alkanes of at least 4 members (excludes halogenated alkanes) is 7. The monoisotopic (exact) mass is 657 g/mol. The summed E-state index contributed by atoms with van der Waals surface area (Å²) in [4.78, 5) is 70.9. The minimum atomic E-state index is -1.99. The van der Waals surface area contributed by atoms with Gasteiger partial charge in [-0.2, -0.15) is 0 Å². The van der Waals surface area contributed by atoms with Crippen LogP contribution < -0.4 is 10.7 Å². The van der Waals surface area contributed by atoms with E-state index in [1.165, 1.54) is 11.9 Å². The summed E-state index contributed by atoms with van der Waals surface area (Å²) >= 11 is 0. The zero-order chi connectivity index (χ0) is 34.8. The molecule has 0 saturated carbocycles. The van der Waals surface area contributed by atoms with Crippen LogP contribution in [0.2, 0.25) is 0 Å². The number of carboxylic acid groups (broad SMARTS) is 2. The number of carboxylic acids is 2. The number of rotatable bonds is 29. The van der Waals surface area contributed by atoms with Crippen molar-refractivity contribution < 1.29 is 48.5 Å². The SMILES string of the molecule is CCCCC(=O)N(CCOCCOCC(=O)NC(C=O)(CC)C(=O)O)NC(=O)CCCCCCCCC[C@@H](CCC)C(C)C(=O)O. The Labute approximate surface area is 274 Å². The molecule has 4 N–H and O–H groups in total. The highest BCUT2D eigenvalue weighted by Crippen LogP contribution is 2.24. The molecule has 0 aliphatic rings. The Kier molecular flexibility index (Phi) is 24.3. The lowest BCUT2D eigenvalue weighted by Crippen LogP contribution is -2.56. The number of nitrogens with one attached hydrogen (secondary N) is 2. The number of hydrogen-bond donors (Lipinski definition) is 4. The van der Waals surface area contributed by atoms with Crippen molar-refractivity contribution in [1.82, 2.24) is 15.8 Å². The Bertz CT molecular complexity index is 916. The average molecular weight is 658 g/mol. The second kappa shape index (κ2) is 26.1. The molecule has 0 aliphatic heterocycles. The molecule has 2 unspecified atom stereocenters. The molecule has 0 aromatic rings. The molecule has 0 heterocycles. The van der Waals surface area contributed by atoms with Gasteiger partial charge in [-0.3, -0.25) is 29.6 Å². The third-order valence-corrected chi connectivity index (χ3v) is 8.11. The van der Waals surface area contributed by atoms with Gasteiger partial charge in [0.15, 0.2) is 11.8 Å². The quantitative estimate of drug-likeness (QED) is 0.0391. The standard InChI is InChI=1S/C33H59N3O10/c1-5-8-19-30(40)36(20-21-45-22-23-46-24-29(39)34-33(7-3,25-37)32(43)44)35-28(38)18-15-13-11-9-10-12-14-17-27(16-6-2)26(4)31(41)42/h25-27H,5-24H2,1-4H3,(H,34,39)(H,35,38)(H,41,42)(H,43,44)/t26?,27-,33?/m1/s1. The van der Waals surface area contributed by atoms with Gasteiger partial charge in [0.1, 0.15) is 6.61 Å². The van der Waals surface area contributed by atoms with Crippen LogP contribution in [0.25, 0.3) is 0 Å². The van der Waals surface area contributed by atoms with Gasteiger partial charge in [-0.05, 0) is 38.0 Å². The maximum absolute atomic E-state index is 12.6. The van der Waals surface area contributed by atoms with Crippen LogP contribution >= 0.6 is 0 Å². The first kappa shape index (κ1) is 42.9. The average Bonchev–Trinajstić information content (AvgIpc) is 3.03. The van der Waals surface area contributed by atoms with E-state index in [0.717, 1.165) is 70.6 Å². The minimum Gasteiger partial charge on any atom is -0.481 e. The van der Waals surface area contributed by atoms with Gasteiger partial charge in [-0.25, -0.2) is 4.79 Å². The molecule has 0 rings (SSSR count). The van der Waals surface area contributed by atoms with E-state index in [4.69, 9.17) is 9.47 Å². The van der Waals surface area contributed by atoms with Gasteiger partial charge in [0.05, 0.1) is 32.3 Å². The second-order valence-electron chi connectivity index (χ2n) is 11.8. The summed E-state index contributed by atoms with van der Waals surface area (Å²) in [6.07, 6.45) is 12.1. The predicted octanol–water partition coefficient (Wildman–Crippen LogP) is 4.27. The van der Waals surface area contributed by atoms with Gasteiger partial charge in [0, 0.05) is 12.8 Å². The van der Waals surface area contributed by atoms with E-state index in [9.17, 15) is 39.0 Å². The van der Waals surface area contributed by atoms with Gasteiger partial charge in [0.2, 0.25) is 17.7 Å². The summed E-state index contributed by atoms with van der Waals surface area (Å²) in [6.45, 7) is 7.31. The fraction of sp³-hybridized carbons (Fsp3) is 0.818. The van der Waals surface area contributed by atoms with Gasteiger partial charge < -0.3 is 29.8 Å².